The summed E-state index contributed by atoms with van der Waals surface area (Å²) in [5.41, 5.74) is 0.942. The number of carbonyl (C=O) groups excluding carboxylic acids is 2. The summed E-state index contributed by atoms with van der Waals surface area (Å²) < 4.78 is 13.0. The van der Waals surface area contributed by atoms with E-state index in [-0.39, 0.29) is 17.4 Å². The van der Waals surface area contributed by atoms with E-state index in [1.54, 1.807) is 17.0 Å². The van der Waals surface area contributed by atoms with Gasteiger partial charge < -0.3 is 10.2 Å². The van der Waals surface area contributed by atoms with Gasteiger partial charge in [0.2, 0.25) is 0 Å². The van der Waals surface area contributed by atoms with Crippen LogP contribution in [0.2, 0.25) is 5.02 Å². The number of amides is 2. The van der Waals surface area contributed by atoms with Gasteiger partial charge in [-0.15, -0.1) is 0 Å². The molecule has 0 saturated heterocycles. The smallest absolute Gasteiger partial charge is 0.321 e. The van der Waals surface area contributed by atoms with Gasteiger partial charge in [-0.1, -0.05) is 11.6 Å². The molecule has 126 valence electrons. The molecule has 2 aromatic rings. The molecule has 0 unspecified atom stereocenters. The van der Waals surface area contributed by atoms with Crippen molar-refractivity contribution in [3.63, 3.8) is 0 Å². The van der Waals surface area contributed by atoms with E-state index in [9.17, 15) is 14.0 Å². The van der Waals surface area contributed by atoms with Crippen molar-refractivity contribution in [2.75, 3.05) is 18.4 Å². The van der Waals surface area contributed by atoms with Gasteiger partial charge in [0.25, 0.3) is 0 Å². The Labute approximate surface area is 145 Å². The first-order valence-corrected chi connectivity index (χ1v) is 7.99. The lowest BCUT2D eigenvalue weighted by atomic mass is 10.0. The van der Waals surface area contributed by atoms with E-state index in [0.29, 0.717) is 29.4 Å². The SMILES string of the molecule is CCN(CC)C(=O)Nc1ccc(Cl)cc1C(=O)c1ccc(F)cc1. The van der Waals surface area contributed by atoms with Crippen LogP contribution in [0.4, 0.5) is 14.9 Å². The third-order valence-corrected chi connectivity index (χ3v) is 3.86. The van der Waals surface area contributed by atoms with Crippen LogP contribution in [-0.2, 0) is 0 Å². The fourth-order valence-electron chi connectivity index (χ4n) is 2.28. The number of halogens is 2. The van der Waals surface area contributed by atoms with Crippen LogP contribution >= 0.6 is 11.6 Å². The molecule has 0 saturated carbocycles. The maximum atomic E-state index is 13.0. The van der Waals surface area contributed by atoms with Crippen molar-refractivity contribution in [3.05, 3.63) is 64.4 Å². The molecule has 1 N–H and O–H groups in total. The van der Waals surface area contributed by atoms with Crippen LogP contribution in [0.3, 0.4) is 0 Å². The minimum atomic E-state index is -0.423. The van der Waals surface area contributed by atoms with Gasteiger partial charge in [0.1, 0.15) is 5.82 Å². The number of nitrogens with one attached hydrogen (secondary N) is 1. The molecule has 2 amide bonds. The van der Waals surface area contributed by atoms with E-state index >= 15 is 0 Å². The fraction of sp³-hybridized carbons (Fsp3) is 0.222. The minimum Gasteiger partial charge on any atom is -0.325 e. The van der Waals surface area contributed by atoms with Crippen molar-refractivity contribution in [1.29, 1.82) is 0 Å². The number of anilines is 1. The molecular formula is C18H18ClFN2O2. The van der Waals surface area contributed by atoms with Crippen molar-refractivity contribution in [2.24, 2.45) is 0 Å². The second-order valence-corrected chi connectivity index (χ2v) is 5.56. The highest BCUT2D eigenvalue weighted by Crippen LogP contribution is 2.24. The molecule has 0 fully saturated rings. The molecule has 4 nitrogen and oxygen atoms in total. The maximum Gasteiger partial charge on any atom is 0.321 e. The van der Waals surface area contributed by atoms with Gasteiger partial charge in [0, 0.05) is 29.2 Å². The summed E-state index contributed by atoms with van der Waals surface area (Å²) in [7, 11) is 0. The standard InChI is InChI=1S/C18H18ClFN2O2/c1-3-22(4-2)18(24)21-16-10-7-13(19)11-15(16)17(23)12-5-8-14(20)9-6-12/h5-11H,3-4H2,1-2H3,(H,21,24). The van der Waals surface area contributed by atoms with Crippen LogP contribution < -0.4 is 5.32 Å². The Kier molecular flexibility index (Phi) is 5.93. The highest BCUT2D eigenvalue weighted by atomic mass is 35.5. The van der Waals surface area contributed by atoms with Crippen molar-refractivity contribution >= 4 is 29.1 Å². The van der Waals surface area contributed by atoms with Gasteiger partial charge in [-0.3, -0.25) is 4.79 Å². The largest absolute Gasteiger partial charge is 0.325 e. The number of nitrogens with zero attached hydrogens (tertiary/aromatic N) is 1. The molecule has 0 aliphatic rings. The number of benzene rings is 2. The average Bonchev–Trinajstić information content (AvgIpc) is 2.57. The first kappa shape index (κ1) is 17.9. The molecule has 0 aliphatic heterocycles. The Morgan fingerprint density at radius 2 is 1.71 bits per heavy atom. The van der Waals surface area contributed by atoms with E-state index in [0.717, 1.165) is 0 Å². The predicted molar refractivity (Wildman–Crippen MR) is 93.2 cm³/mol. The van der Waals surface area contributed by atoms with E-state index < -0.39 is 5.82 Å². The number of carbonyl (C=O) groups is 2. The first-order valence-electron chi connectivity index (χ1n) is 7.62. The number of rotatable bonds is 5. The van der Waals surface area contributed by atoms with Gasteiger partial charge in [-0.05, 0) is 56.3 Å². The Hall–Kier alpha value is -2.40. The highest BCUT2D eigenvalue weighted by Gasteiger charge is 2.18. The number of ketones is 1. The second-order valence-electron chi connectivity index (χ2n) is 5.13. The molecule has 0 spiro atoms. The molecule has 0 bridgehead atoms. The summed E-state index contributed by atoms with van der Waals surface area (Å²) in [5, 5.41) is 3.11. The zero-order valence-electron chi connectivity index (χ0n) is 13.5. The van der Waals surface area contributed by atoms with Gasteiger partial charge in [-0.2, -0.15) is 0 Å². The molecule has 6 heteroatoms. The molecule has 24 heavy (non-hydrogen) atoms. The molecular weight excluding hydrogens is 331 g/mol. The Balaban J connectivity index is 2.35. The highest BCUT2D eigenvalue weighted by molar-refractivity contribution is 6.31. The number of urea groups is 1. The third-order valence-electron chi connectivity index (χ3n) is 3.62. The number of hydrogen-bond acceptors (Lipinski definition) is 2. The van der Waals surface area contributed by atoms with Gasteiger partial charge >= 0.3 is 6.03 Å². The van der Waals surface area contributed by atoms with E-state index in [1.807, 2.05) is 13.8 Å². The zero-order valence-corrected chi connectivity index (χ0v) is 14.2. The van der Waals surface area contributed by atoms with E-state index in [4.69, 9.17) is 11.6 Å². The summed E-state index contributed by atoms with van der Waals surface area (Å²) in [4.78, 5) is 26.5. The van der Waals surface area contributed by atoms with Crippen LogP contribution in [0.1, 0.15) is 29.8 Å². The molecule has 0 radical (unpaired) electrons. The van der Waals surface area contributed by atoms with Crippen LogP contribution in [0.5, 0.6) is 0 Å². The van der Waals surface area contributed by atoms with E-state index in [1.165, 1.54) is 30.3 Å². The quantitative estimate of drug-likeness (QED) is 0.804. The lowest BCUT2D eigenvalue weighted by Crippen LogP contribution is -2.34. The lowest BCUT2D eigenvalue weighted by molar-refractivity contribution is 0.103. The van der Waals surface area contributed by atoms with Crippen molar-refractivity contribution in [3.8, 4) is 0 Å². The summed E-state index contributed by atoms with van der Waals surface area (Å²) in [6.07, 6.45) is 0. The van der Waals surface area contributed by atoms with E-state index in [2.05, 4.69) is 5.32 Å². The Bertz CT molecular complexity index is 743. The topological polar surface area (TPSA) is 49.4 Å². The molecule has 0 atom stereocenters. The molecule has 0 aliphatic carbocycles. The van der Waals surface area contributed by atoms with Gasteiger partial charge in [0.15, 0.2) is 5.78 Å². The zero-order chi connectivity index (χ0) is 17.7. The van der Waals surface area contributed by atoms with Crippen LogP contribution in [-0.4, -0.2) is 29.8 Å². The summed E-state index contributed by atoms with van der Waals surface area (Å²) in [5.74, 6) is -0.764. The van der Waals surface area contributed by atoms with Gasteiger partial charge in [0.05, 0.1) is 5.69 Å². The summed E-state index contributed by atoms with van der Waals surface area (Å²) in [6, 6.07) is 9.60. The Morgan fingerprint density at radius 1 is 1.08 bits per heavy atom. The van der Waals surface area contributed by atoms with Crippen molar-refractivity contribution in [1.82, 2.24) is 4.90 Å². The predicted octanol–water partition coefficient (Wildman–Crippen LogP) is 4.58. The minimum absolute atomic E-state index is 0.259. The lowest BCUT2D eigenvalue weighted by Gasteiger charge is -2.20. The monoisotopic (exact) mass is 348 g/mol. The normalized spacial score (nSPS) is 10.3. The second kappa shape index (κ2) is 7.93. The van der Waals surface area contributed by atoms with Crippen molar-refractivity contribution in [2.45, 2.75) is 13.8 Å². The Morgan fingerprint density at radius 3 is 2.29 bits per heavy atom. The summed E-state index contributed by atoms with van der Waals surface area (Å²) >= 11 is 5.99. The fourth-order valence-corrected chi connectivity index (χ4v) is 2.45. The first-order chi connectivity index (χ1) is 11.5. The maximum absolute atomic E-state index is 13.0. The van der Waals surface area contributed by atoms with Crippen molar-refractivity contribution < 1.29 is 14.0 Å². The molecule has 2 aromatic carbocycles. The number of hydrogen-bond donors (Lipinski definition) is 1. The van der Waals surface area contributed by atoms with Gasteiger partial charge in [-0.25, -0.2) is 9.18 Å². The molecule has 0 aromatic heterocycles. The van der Waals surface area contributed by atoms with Crippen LogP contribution in [0, 0.1) is 5.82 Å². The average molecular weight is 349 g/mol. The van der Waals surface area contributed by atoms with Crippen LogP contribution in [0.25, 0.3) is 0 Å². The summed E-state index contributed by atoms with van der Waals surface area (Å²) in [6.45, 7) is 4.85. The third kappa shape index (κ3) is 4.11. The molecule has 2 rings (SSSR count). The molecule has 0 heterocycles. The van der Waals surface area contributed by atoms with Crippen LogP contribution in [0.15, 0.2) is 42.5 Å².